The molecule has 0 aliphatic carbocycles. The van der Waals surface area contributed by atoms with Gasteiger partial charge in [0.05, 0.1) is 0 Å². The van der Waals surface area contributed by atoms with E-state index in [1.165, 1.54) is 16.7 Å². The minimum absolute atomic E-state index is 0.123. The van der Waals surface area contributed by atoms with E-state index in [4.69, 9.17) is 16.9 Å². The van der Waals surface area contributed by atoms with Crippen LogP contribution in [0.25, 0.3) is 0 Å². The van der Waals surface area contributed by atoms with E-state index in [0.29, 0.717) is 18.4 Å². The molecule has 1 aromatic carbocycles. The monoisotopic (exact) mass is 233 g/mol. The first-order valence-corrected chi connectivity index (χ1v) is 6.09. The van der Waals surface area contributed by atoms with E-state index in [1.54, 1.807) is 0 Å². The number of hydrogen-bond acceptors (Lipinski definition) is 2. The molecule has 0 aliphatic heterocycles. The Labute approximate surface area is 104 Å². The summed E-state index contributed by atoms with van der Waals surface area (Å²) in [6, 6.07) is 4.00. The number of rotatable bonds is 4. The average molecular weight is 233 g/mol. The molecule has 3 nitrogen and oxygen atoms in total. The summed E-state index contributed by atoms with van der Waals surface area (Å²) in [5, 5.41) is 7.58. The maximum Gasteiger partial charge on any atom is 0.122 e. The molecule has 0 radical (unpaired) electrons. The summed E-state index contributed by atoms with van der Waals surface area (Å²) in [6.07, 6.45) is 0. The second kappa shape index (κ2) is 5.32. The van der Waals surface area contributed by atoms with Crippen molar-refractivity contribution in [2.75, 3.05) is 0 Å². The number of nitrogens with one attached hydrogen (secondary N) is 1. The molecule has 0 saturated carbocycles. The summed E-state index contributed by atoms with van der Waals surface area (Å²) >= 11 is 0. The predicted molar refractivity (Wildman–Crippen MR) is 73.5 cm³/mol. The lowest BCUT2D eigenvalue weighted by Gasteiger charge is -2.20. The summed E-state index contributed by atoms with van der Waals surface area (Å²) in [7, 11) is 0. The molecule has 0 unspecified atom stereocenters. The van der Waals surface area contributed by atoms with Crippen molar-refractivity contribution in [3.05, 3.63) is 34.4 Å². The fraction of sp³-hybridized carbons (Fsp3) is 0.500. The molecule has 0 bridgehead atoms. The van der Waals surface area contributed by atoms with E-state index in [2.05, 4.69) is 27.7 Å². The van der Waals surface area contributed by atoms with Crippen LogP contribution in [0.15, 0.2) is 12.1 Å². The fourth-order valence-corrected chi connectivity index (χ4v) is 2.14. The molecule has 0 fully saturated rings. The van der Waals surface area contributed by atoms with Crippen molar-refractivity contribution in [1.82, 2.24) is 0 Å². The van der Waals surface area contributed by atoms with Crippen molar-refractivity contribution in [2.45, 2.75) is 46.1 Å². The summed E-state index contributed by atoms with van der Waals surface area (Å²) in [6.45, 7) is 9.11. The molecule has 94 valence electrons. The van der Waals surface area contributed by atoms with Gasteiger partial charge in [0.1, 0.15) is 5.84 Å². The van der Waals surface area contributed by atoms with Gasteiger partial charge < -0.3 is 11.5 Å². The molecule has 17 heavy (non-hydrogen) atoms. The largest absolute Gasteiger partial charge is 0.384 e. The van der Waals surface area contributed by atoms with Gasteiger partial charge >= 0.3 is 0 Å². The maximum atomic E-state index is 7.58. The zero-order valence-corrected chi connectivity index (χ0v) is 11.2. The Balaban J connectivity index is 3.51. The van der Waals surface area contributed by atoms with Crippen LogP contribution in [0.4, 0.5) is 0 Å². The van der Waals surface area contributed by atoms with Gasteiger partial charge in [0.25, 0.3) is 0 Å². The third-order valence-corrected chi connectivity index (χ3v) is 3.08. The molecule has 0 aromatic heterocycles. The zero-order chi connectivity index (χ0) is 13.2. The Bertz CT molecular complexity index is 390. The molecule has 5 N–H and O–H groups in total. The van der Waals surface area contributed by atoms with Crippen LogP contribution in [0.1, 0.15) is 61.8 Å². The first-order chi connectivity index (χ1) is 7.88. The molecular formula is C14H23N3. The highest BCUT2D eigenvalue weighted by Crippen LogP contribution is 2.29. The van der Waals surface area contributed by atoms with Gasteiger partial charge in [-0.05, 0) is 40.7 Å². The first-order valence-electron chi connectivity index (χ1n) is 6.09. The minimum atomic E-state index is 0.123. The second-order valence-electron chi connectivity index (χ2n) is 5.06. The summed E-state index contributed by atoms with van der Waals surface area (Å²) in [5.41, 5.74) is 15.9. The van der Waals surface area contributed by atoms with Crippen molar-refractivity contribution in [3.63, 3.8) is 0 Å². The lowest BCUT2D eigenvalue weighted by molar-refractivity contribution is 0.794. The zero-order valence-electron chi connectivity index (χ0n) is 11.2. The Morgan fingerprint density at radius 3 is 1.76 bits per heavy atom. The van der Waals surface area contributed by atoms with E-state index >= 15 is 0 Å². The van der Waals surface area contributed by atoms with Crippen LogP contribution in [0, 0.1) is 5.41 Å². The number of benzene rings is 1. The van der Waals surface area contributed by atoms with Crippen LogP contribution in [0.5, 0.6) is 0 Å². The predicted octanol–water partition coefficient (Wildman–Crippen LogP) is 2.68. The number of hydrogen-bond donors (Lipinski definition) is 3. The highest BCUT2D eigenvalue weighted by molar-refractivity contribution is 5.95. The normalized spacial score (nSPS) is 11.2. The summed E-state index contributed by atoms with van der Waals surface area (Å²) in [5.74, 6) is 0.910. The van der Waals surface area contributed by atoms with Crippen LogP contribution in [0.2, 0.25) is 0 Å². The van der Waals surface area contributed by atoms with E-state index in [-0.39, 0.29) is 5.84 Å². The van der Waals surface area contributed by atoms with Crippen LogP contribution in [-0.2, 0) is 6.54 Å². The molecule has 0 aliphatic rings. The first kappa shape index (κ1) is 13.7. The van der Waals surface area contributed by atoms with Crippen molar-refractivity contribution < 1.29 is 0 Å². The molecule has 0 amide bonds. The van der Waals surface area contributed by atoms with E-state index < -0.39 is 0 Å². The van der Waals surface area contributed by atoms with Crippen molar-refractivity contribution in [2.24, 2.45) is 11.5 Å². The Morgan fingerprint density at radius 1 is 1.12 bits per heavy atom. The van der Waals surface area contributed by atoms with Gasteiger partial charge in [-0.3, -0.25) is 5.41 Å². The summed E-state index contributed by atoms with van der Waals surface area (Å²) in [4.78, 5) is 0. The van der Waals surface area contributed by atoms with E-state index in [1.807, 2.05) is 12.1 Å². The van der Waals surface area contributed by atoms with Crippen molar-refractivity contribution in [3.8, 4) is 0 Å². The van der Waals surface area contributed by atoms with Crippen LogP contribution in [-0.4, -0.2) is 5.84 Å². The average Bonchev–Trinajstić information content (AvgIpc) is 2.26. The third-order valence-electron chi connectivity index (χ3n) is 3.08. The number of nitrogens with two attached hydrogens (primary N) is 2. The van der Waals surface area contributed by atoms with Gasteiger partial charge in [-0.15, -0.1) is 0 Å². The summed E-state index contributed by atoms with van der Waals surface area (Å²) < 4.78 is 0. The van der Waals surface area contributed by atoms with E-state index in [0.717, 1.165) is 5.56 Å². The minimum Gasteiger partial charge on any atom is -0.384 e. The lowest BCUT2D eigenvalue weighted by atomic mass is 9.86. The highest BCUT2D eigenvalue weighted by atomic mass is 14.7. The molecule has 0 spiro atoms. The van der Waals surface area contributed by atoms with Gasteiger partial charge in [0.15, 0.2) is 0 Å². The Morgan fingerprint density at radius 2 is 1.53 bits per heavy atom. The standard InChI is InChI=1S/C14H23N3/c1-8(2)11-5-10(14(16)17)6-12(9(3)4)13(11)7-15/h5-6,8-9H,7,15H2,1-4H3,(H3,16,17). The lowest BCUT2D eigenvalue weighted by Crippen LogP contribution is -2.15. The maximum absolute atomic E-state index is 7.58. The molecule has 1 aromatic rings. The fourth-order valence-electron chi connectivity index (χ4n) is 2.14. The third kappa shape index (κ3) is 2.86. The van der Waals surface area contributed by atoms with Crippen LogP contribution >= 0.6 is 0 Å². The Hall–Kier alpha value is -1.35. The van der Waals surface area contributed by atoms with Crippen molar-refractivity contribution >= 4 is 5.84 Å². The Kier molecular flexibility index (Phi) is 4.29. The molecular weight excluding hydrogens is 210 g/mol. The van der Waals surface area contributed by atoms with Crippen LogP contribution < -0.4 is 11.5 Å². The SMILES string of the molecule is CC(C)c1cc(C(=N)N)cc(C(C)C)c1CN. The van der Waals surface area contributed by atoms with E-state index in [9.17, 15) is 0 Å². The highest BCUT2D eigenvalue weighted by Gasteiger charge is 2.15. The molecule has 3 heteroatoms. The topological polar surface area (TPSA) is 75.9 Å². The molecule has 0 heterocycles. The number of nitrogen functional groups attached to an aromatic ring is 1. The smallest absolute Gasteiger partial charge is 0.122 e. The van der Waals surface area contributed by atoms with Crippen molar-refractivity contribution in [1.29, 1.82) is 5.41 Å². The molecule has 0 saturated heterocycles. The van der Waals surface area contributed by atoms with Gasteiger partial charge in [0, 0.05) is 12.1 Å². The molecule has 0 atom stereocenters. The molecule has 1 rings (SSSR count). The van der Waals surface area contributed by atoms with Crippen LogP contribution in [0.3, 0.4) is 0 Å². The second-order valence-corrected chi connectivity index (χ2v) is 5.06. The quantitative estimate of drug-likeness (QED) is 0.552. The van der Waals surface area contributed by atoms with Gasteiger partial charge in [-0.25, -0.2) is 0 Å². The van der Waals surface area contributed by atoms with Gasteiger partial charge in [-0.2, -0.15) is 0 Å². The van der Waals surface area contributed by atoms with Gasteiger partial charge in [0.2, 0.25) is 0 Å². The number of amidine groups is 1. The van der Waals surface area contributed by atoms with Gasteiger partial charge in [-0.1, -0.05) is 27.7 Å².